The van der Waals surface area contributed by atoms with Gasteiger partial charge in [0.2, 0.25) is 5.91 Å². The van der Waals surface area contributed by atoms with Gasteiger partial charge >= 0.3 is 5.97 Å². The van der Waals surface area contributed by atoms with Gasteiger partial charge < -0.3 is 10.1 Å². The molecule has 0 radical (unpaired) electrons. The SMILES string of the molecule is CCOC(=O)c1c(NC(=O)C2CC2c2ccccc2)sc(C(C)=O)c1C. The number of carbonyl (C=O) groups excluding carboxylic acids is 3. The topological polar surface area (TPSA) is 72.5 Å². The Hall–Kier alpha value is -2.47. The molecule has 1 heterocycles. The molecule has 1 saturated carbocycles. The van der Waals surface area contributed by atoms with Crippen LogP contribution in [0.3, 0.4) is 0 Å². The van der Waals surface area contributed by atoms with Crippen molar-refractivity contribution in [2.75, 3.05) is 11.9 Å². The van der Waals surface area contributed by atoms with Crippen LogP contribution in [0.4, 0.5) is 5.00 Å². The Morgan fingerprint density at radius 2 is 1.92 bits per heavy atom. The van der Waals surface area contributed by atoms with Crippen molar-refractivity contribution in [3.8, 4) is 0 Å². The molecule has 3 rings (SSSR count). The van der Waals surface area contributed by atoms with Crippen LogP contribution in [0, 0.1) is 12.8 Å². The molecule has 136 valence electrons. The van der Waals surface area contributed by atoms with E-state index >= 15 is 0 Å². The van der Waals surface area contributed by atoms with Crippen molar-refractivity contribution in [1.82, 2.24) is 0 Å². The zero-order chi connectivity index (χ0) is 18.8. The summed E-state index contributed by atoms with van der Waals surface area (Å²) in [7, 11) is 0. The van der Waals surface area contributed by atoms with Gasteiger partial charge in [-0.25, -0.2) is 4.79 Å². The Morgan fingerprint density at radius 3 is 2.54 bits per heavy atom. The number of hydrogen-bond donors (Lipinski definition) is 1. The average Bonchev–Trinajstić information content (AvgIpc) is 3.34. The molecule has 1 aliphatic carbocycles. The third-order valence-corrected chi connectivity index (χ3v) is 5.85. The quantitative estimate of drug-likeness (QED) is 0.611. The minimum atomic E-state index is -0.514. The van der Waals surface area contributed by atoms with E-state index < -0.39 is 5.97 Å². The van der Waals surface area contributed by atoms with Crippen LogP contribution in [0.25, 0.3) is 0 Å². The van der Waals surface area contributed by atoms with E-state index in [1.54, 1.807) is 13.8 Å². The van der Waals surface area contributed by atoms with Gasteiger partial charge in [0.1, 0.15) is 5.00 Å². The molecule has 26 heavy (non-hydrogen) atoms. The van der Waals surface area contributed by atoms with Gasteiger partial charge in [-0.15, -0.1) is 11.3 Å². The molecule has 0 spiro atoms. The van der Waals surface area contributed by atoms with Crippen molar-refractivity contribution in [3.63, 3.8) is 0 Å². The Bertz CT molecular complexity index is 856. The number of benzene rings is 1. The molecule has 5 nitrogen and oxygen atoms in total. The number of anilines is 1. The van der Waals surface area contributed by atoms with Crippen molar-refractivity contribution in [3.05, 3.63) is 51.9 Å². The fourth-order valence-corrected chi connectivity index (χ4v) is 4.24. The predicted octanol–water partition coefficient (Wildman–Crippen LogP) is 4.18. The highest BCUT2D eigenvalue weighted by atomic mass is 32.1. The number of ketones is 1. The third kappa shape index (κ3) is 3.55. The highest BCUT2D eigenvalue weighted by molar-refractivity contribution is 7.18. The monoisotopic (exact) mass is 371 g/mol. The van der Waals surface area contributed by atoms with E-state index in [0.29, 0.717) is 15.4 Å². The lowest BCUT2D eigenvalue weighted by Crippen LogP contribution is -2.16. The van der Waals surface area contributed by atoms with Crippen molar-refractivity contribution < 1.29 is 19.1 Å². The number of ether oxygens (including phenoxy) is 1. The van der Waals surface area contributed by atoms with Crippen LogP contribution in [-0.2, 0) is 9.53 Å². The lowest BCUT2D eigenvalue weighted by molar-refractivity contribution is -0.117. The maximum absolute atomic E-state index is 12.6. The number of nitrogens with one attached hydrogen (secondary N) is 1. The largest absolute Gasteiger partial charge is 0.462 e. The molecule has 0 aliphatic heterocycles. The second kappa shape index (κ2) is 7.41. The van der Waals surface area contributed by atoms with Crippen LogP contribution in [0.15, 0.2) is 30.3 Å². The predicted molar refractivity (Wildman–Crippen MR) is 101 cm³/mol. The summed E-state index contributed by atoms with van der Waals surface area (Å²) in [6, 6.07) is 9.91. The highest BCUT2D eigenvalue weighted by Crippen LogP contribution is 2.48. The summed E-state index contributed by atoms with van der Waals surface area (Å²) in [4.78, 5) is 37.2. The molecular formula is C20H21NO4S. The number of esters is 1. The number of thiophene rings is 1. The molecule has 6 heteroatoms. The Labute approximate surface area is 156 Å². The second-order valence-electron chi connectivity index (χ2n) is 6.39. The van der Waals surface area contributed by atoms with Gasteiger partial charge in [0.05, 0.1) is 17.0 Å². The lowest BCUT2D eigenvalue weighted by Gasteiger charge is -2.07. The number of carbonyl (C=O) groups is 3. The highest BCUT2D eigenvalue weighted by Gasteiger charge is 2.44. The lowest BCUT2D eigenvalue weighted by atomic mass is 10.1. The molecular weight excluding hydrogens is 350 g/mol. The smallest absolute Gasteiger partial charge is 0.341 e. The molecule has 1 aromatic heterocycles. The first kappa shape index (κ1) is 18.3. The van der Waals surface area contributed by atoms with Crippen LogP contribution in [0.2, 0.25) is 0 Å². The van der Waals surface area contributed by atoms with E-state index in [-0.39, 0.29) is 35.7 Å². The minimum Gasteiger partial charge on any atom is -0.462 e. The summed E-state index contributed by atoms with van der Waals surface area (Å²) < 4.78 is 5.10. The van der Waals surface area contributed by atoms with Crippen molar-refractivity contribution in [2.24, 2.45) is 5.92 Å². The van der Waals surface area contributed by atoms with E-state index in [4.69, 9.17) is 4.74 Å². The summed E-state index contributed by atoms with van der Waals surface area (Å²) in [5, 5.41) is 3.25. The minimum absolute atomic E-state index is 0.115. The molecule has 1 fully saturated rings. The van der Waals surface area contributed by atoms with E-state index in [1.165, 1.54) is 6.92 Å². The van der Waals surface area contributed by atoms with Gasteiger partial charge in [0.25, 0.3) is 0 Å². The molecule has 2 unspecified atom stereocenters. The van der Waals surface area contributed by atoms with E-state index in [0.717, 1.165) is 23.3 Å². The van der Waals surface area contributed by atoms with Crippen LogP contribution in [0.1, 0.15) is 57.3 Å². The fraction of sp³-hybridized carbons (Fsp3) is 0.350. The average molecular weight is 371 g/mol. The summed E-state index contributed by atoms with van der Waals surface area (Å²) in [5.41, 5.74) is 1.99. The van der Waals surface area contributed by atoms with E-state index in [9.17, 15) is 14.4 Å². The Balaban J connectivity index is 1.81. The van der Waals surface area contributed by atoms with Crippen molar-refractivity contribution >= 4 is 34.0 Å². The number of rotatable bonds is 6. The number of Topliss-reactive ketones (excluding diaryl/α,β-unsaturated/α-hetero) is 1. The van der Waals surface area contributed by atoms with Gasteiger partial charge in [0, 0.05) is 5.92 Å². The molecule has 1 N–H and O–H groups in total. The first-order valence-electron chi connectivity index (χ1n) is 8.61. The maximum atomic E-state index is 12.6. The molecule has 2 aromatic rings. The molecule has 0 bridgehead atoms. The summed E-state index contributed by atoms with van der Waals surface area (Å²) >= 11 is 1.14. The van der Waals surface area contributed by atoms with Gasteiger partial charge in [0.15, 0.2) is 5.78 Å². The van der Waals surface area contributed by atoms with Gasteiger partial charge in [-0.1, -0.05) is 30.3 Å². The van der Waals surface area contributed by atoms with Gasteiger partial charge in [-0.2, -0.15) is 0 Å². The van der Waals surface area contributed by atoms with Crippen molar-refractivity contribution in [1.29, 1.82) is 0 Å². The number of hydrogen-bond acceptors (Lipinski definition) is 5. The first-order valence-corrected chi connectivity index (χ1v) is 9.42. The van der Waals surface area contributed by atoms with Crippen LogP contribution < -0.4 is 5.32 Å². The van der Waals surface area contributed by atoms with E-state index in [2.05, 4.69) is 5.32 Å². The maximum Gasteiger partial charge on any atom is 0.341 e. The zero-order valence-corrected chi connectivity index (χ0v) is 15.8. The molecule has 1 amide bonds. The van der Waals surface area contributed by atoms with Crippen LogP contribution >= 0.6 is 11.3 Å². The summed E-state index contributed by atoms with van der Waals surface area (Å²) in [6.45, 7) is 5.11. The molecule has 1 aromatic carbocycles. The summed E-state index contributed by atoms with van der Waals surface area (Å²) in [5.74, 6) is -0.682. The van der Waals surface area contributed by atoms with Crippen molar-refractivity contribution in [2.45, 2.75) is 33.1 Å². The van der Waals surface area contributed by atoms with Gasteiger partial charge in [-0.3, -0.25) is 9.59 Å². The Morgan fingerprint density at radius 1 is 1.23 bits per heavy atom. The van der Waals surface area contributed by atoms with Crippen LogP contribution in [-0.4, -0.2) is 24.3 Å². The molecule has 2 atom stereocenters. The second-order valence-corrected chi connectivity index (χ2v) is 7.41. The van der Waals surface area contributed by atoms with Crippen LogP contribution in [0.5, 0.6) is 0 Å². The summed E-state index contributed by atoms with van der Waals surface area (Å²) in [6.07, 6.45) is 0.786. The Kier molecular flexibility index (Phi) is 5.23. The van der Waals surface area contributed by atoms with E-state index in [1.807, 2.05) is 30.3 Å². The normalized spacial score (nSPS) is 18.3. The van der Waals surface area contributed by atoms with Gasteiger partial charge in [-0.05, 0) is 44.2 Å². The fourth-order valence-electron chi connectivity index (χ4n) is 3.14. The molecule has 0 saturated heterocycles. The zero-order valence-electron chi connectivity index (χ0n) is 15.0. The number of amides is 1. The third-order valence-electron chi connectivity index (χ3n) is 4.54. The standard InChI is InChI=1S/C20H21NO4S/c1-4-25-20(24)16-11(2)17(12(3)22)26-19(16)21-18(23)15-10-14(15)13-8-6-5-7-9-13/h5-9,14-15H,4,10H2,1-3H3,(H,21,23). The molecule has 1 aliphatic rings. The first-order chi connectivity index (χ1) is 12.4.